The number of nitrogens with zero attached hydrogens (tertiary/aromatic N) is 1. The average molecular weight is 468 g/mol. The zero-order valence-corrected chi connectivity index (χ0v) is 17.1. The zero-order chi connectivity index (χ0) is 19.0. The molecule has 4 nitrogen and oxygen atoms in total. The molecule has 0 radical (unpaired) electrons. The summed E-state index contributed by atoms with van der Waals surface area (Å²) in [7, 11) is 0. The largest absolute Gasteiger partial charge is 0.436 e. The molecule has 1 N–H and O–H groups in total. The van der Waals surface area contributed by atoms with Crippen LogP contribution in [0, 0.1) is 17.4 Å². The van der Waals surface area contributed by atoms with Gasteiger partial charge in [0.1, 0.15) is 5.52 Å². The molecule has 0 saturated heterocycles. The van der Waals surface area contributed by atoms with E-state index in [-0.39, 0.29) is 5.91 Å². The number of nitrogens with one attached hydrogen (secondary N) is 1. The van der Waals surface area contributed by atoms with Crippen molar-refractivity contribution in [3.8, 4) is 11.5 Å². The topological polar surface area (TPSA) is 55.1 Å². The molecule has 0 spiro atoms. The predicted molar refractivity (Wildman–Crippen MR) is 116 cm³/mol. The second kappa shape index (κ2) is 7.15. The minimum absolute atomic E-state index is 0.141. The van der Waals surface area contributed by atoms with E-state index in [2.05, 4.69) is 45.9 Å². The van der Waals surface area contributed by atoms with Crippen molar-refractivity contribution in [1.29, 1.82) is 0 Å². The number of carbonyl (C=O) groups is 1. The monoisotopic (exact) mass is 468 g/mol. The van der Waals surface area contributed by atoms with Crippen LogP contribution in [0.4, 0.5) is 5.69 Å². The Morgan fingerprint density at radius 3 is 2.63 bits per heavy atom. The van der Waals surface area contributed by atoms with Crippen LogP contribution < -0.4 is 5.32 Å². The van der Waals surface area contributed by atoms with E-state index in [4.69, 9.17) is 4.42 Å². The van der Waals surface area contributed by atoms with Crippen molar-refractivity contribution in [1.82, 2.24) is 4.98 Å². The standard InChI is InChI=1S/C22H17IN2O2/c1-13-7-9-16(14(2)11-13)22-25-19-12-15(8-10-20(19)27-22)24-21(26)17-5-3-4-6-18(17)23/h3-12H,1-2H3,(H,24,26). The molecule has 1 heterocycles. The number of fused-ring (bicyclic) bond motifs is 1. The Morgan fingerprint density at radius 1 is 1.04 bits per heavy atom. The fraction of sp³-hybridized carbons (Fsp3) is 0.0909. The van der Waals surface area contributed by atoms with Crippen LogP contribution in [-0.4, -0.2) is 10.9 Å². The lowest BCUT2D eigenvalue weighted by molar-refractivity contribution is 0.102. The van der Waals surface area contributed by atoms with E-state index in [1.165, 1.54) is 5.56 Å². The van der Waals surface area contributed by atoms with Crippen molar-refractivity contribution >= 4 is 45.3 Å². The van der Waals surface area contributed by atoms with Gasteiger partial charge in [0, 0.05) is 14.8 Å². The average Bonchev–Trinajstić information content (AvgIpc) is 3.05. The number of hydrogen-bond acceptors (Lipinski definition) is 3. The van der Waals surface area contributed by atoms with Gasteiger partial charge in [-0.2, -0.15) is 0 Å². The summed E-state index contributed by atoms with van der Waals surface area (Å²) in [6.07, 6.45) is 0. The summed E-state index contributed by atoms with van der Waals surface area (Å²) in [5, 5.41) is 2.93. The van der Waals surface area contributed by atoms with Gasteiger partial charge in [0.15, 0.2) is 5.58 Å². The van der Waals surface area contributed by atoms with Gasteiger partial charge in [-0.15, -0.1) is 0 Å². The second-order valence-electron chi connectivity index (χ2n) is 6.45. The Labute approximate surface area is 170 Å². The highest BCUT2D eigenvalue weighted by atomic mass is 127. The van der Waals surface area contributed by atoms with E-state index in [0.29, 0.717) is 28.2 Å². The van der Waals surface area contributed by atoms with Crippen LogP contribution in [0.15, 0.2) is 65.1 Å². The lowest BCUT2D eigenvalue weighted by atomic mass is 10.1. The maximum atomic E-state index is 12.5. The maximum absolute atomic E-state index is 12.5. The van der Waals surface area contributed by atoms with Crippen molar-refractivity contribution in [2.45, 2.75) is 13.8 Å². The van der Waals surface area contributed by atoms with E-state index in [0.717, 1.165) is 14.7 Å². The van der Waals surface area contributed by atoms with E-state index in [1.807, 2.05) is 61.5 Å². The van der Waals surface area contributed by atoms with Crippen LogP contribution >= 0.6 is 22.6 Å². The third kappa shape index (κ3) is 3.60. The molecule has 0 aliphatic carbocycles. The molecule has 1 amide bonds. The van der Waals surface area contributed by atoms with Gasteiger partial charge in [0.05, 0.1) is 5.56 Å². The number of carbonyl (C=O) groups excluding carboxylic acids is 1. The number of aryl methyl sites for hydroxylation is 2. The lowest BCUT2D eigenvalue weighted by Crippen LogP contribution is -2.13. The van der Waals surface area contributed by atoms with Gasteiger partial charge < -0.3 is 9.73 Å². The molecule has 0 unspecified atom stereocenters. The minimum atomic E-state index is -0.141. The van der Waals surface area contributed by atoms with Crippen LogP contribution in [-0.2, 0) is 0 Å². The van der Waals surface area contributed by atoms with E-state index in [9.17, 15) is 4.79 Å². The molecule has 0 aliphatic heterocycles. The summed E-state index contributed by atoms with van der Waals surface area (Å²) in [6, 6.07) is 19.2. The first-order chi connectivity index (χ1) is 13.0. The van der Waals surface area contributed by atoms with Crippen LogP contribution in [0.3, 0.4) is 0 Å². The number of oxazole rings is 1. The zero-order valence-electron chi connectivity index (χ0n) is 14.9. The number of hydrogen-bond donors (Lipinski definition) is 1. The number of halogens is 1. The van der Waals surface area contributed by atoms with Gasteiger partial charge >= 0.3 is 0 Å². The Bertz CT molecular complexity index is 1160. The van der Waals surface area contributed by atoms with Gasteiger partial charge in [-0.1, -0.05) is 29.8 Å². The van der Waals surface area contributed by atoms with E-state index >= 15 is 0 Å². The third-order valence-corrected chi connectivity index (χ3v) is 5.32. The van der Waals surface area contributed by atoms with Crippen molar-refractivity contribution in [2.24, 2.45) is 0 Å². The number of aromatic nitrogens is 1. The number of rotatable bonds is 3. The molecule has 27 heavy (non-hydrogen) atoms. The predicted octanol–water partition coefficient (Wildman–Crippen LogP) is 5.97. The van der Waals surface area contributed by atoms with Gasteiger partial charge in [-0.05, 0) is 78.4 Å². The minimum Gasteiger partial charge on any atom is -0.436 e. The number of amides is 1. The first kappa shape index (κ1) is 17.7. The van der Waals surface area contributed by atoms with Crippen molar-refractivity contribution in [2.75, 3.05) is 5.32 Å². The Kier molecular flexibility index (Phi) is 4.70. The Balaban J connectivity index is 1.65. The Morgan fingerprint density at radius 2 is 1.85 bits per heavy atom. The molecule has 0 aliphatic rings. The summed E-state index contributed by atoms with van der Waals surface area (Å²) in [4.78, 5) is 17.1. The molecule has 3 aromatic carbocycles. The molecule has 0 fully saturated rings. The highest BCUT2D eigenvalue weighted by Crippen LogP contribution is 2.29. The van der Waals surface area contributed by atoms with Crippen molar-refractivity contribution in [3.63, 3.8) is 0 Å². The van der Waals surface area contributed by atoms with Gasteiger partial charge in [-0.3, -0.25) is 4.79 Å². The van der Waals surface area contributed by atoms with Gasteiger partial charge in [0.25, 0.3) is 5.91 Å². The Hall–Kier alpha value is -2.67. The molecule has 1 aromatic heterocycles. The fourth-order valence-electron chi connectivity index (χ4n) is 3.02. The van der Waals surface area contributed by atoms with Crippen LogP contribution in [0.1, 0.15) is 21.5 Å². The fourth-order valence-corrected chi connectivity index (χ4v) is 3.65. The maximum Gasteiger partial charge on any atom is 0.256 e. The molecular weight excluding hydrogens is 451 g/mol. The van der Waals surface area contributed by atoms with Crippen LogP contribution in [0.2, 0.25) is 0 Å². The first-order valence-corrected chi connectivity index (χ1v) is 9.63. The summed E-state index contributed by atoms with van der Waals surface area (Å²) in [5.41, 5.74) is 6.03. The smallest absolute Gasteiger partial charge is 0.256 e. The van der Waals surface area contributed by atoms with Crippen LogP contribution in [0.25, 0.3) is 22.6 Å². The molecule has 0 atom stereocenters. The van der Waals surface area contributed by atoms with E-state index < -0.39 is 0 Å². The molecule has 5 heteroatoms. The summed E-state index contributed by atoms with van der Waals surface area (Å²) < 4.78 is 6.82. The number of anilines is 1. The van der Waals surface area contributed by atoms with Gasteiger partial charge in [-0.25, -0.2) is 4.98 Å². The molecular formula is C22H17IN2O2. The van der Waals surface area contributed by atoms with Gasteiger partial charge in [0.2, 0.25) is 5.89 Å². The highest BCUT2D eigenvalue weighted by molar-refractivity contribution is 14.1. The van der Waals surface area contributed by atoms with Crippen molar-refractivity contribution in [3.05, 3.63) is 80.9 Å². The van der Waals surface area contributed by atoms with E-state index in [1.54, 1.807) is 0 Å². The first-order valence-electron chi connectivity index (χ1n) is 8.55. The highest BCUT2D eigenvalue weighted by Gasteiger charge is 2.13. The molecule has 134 valence electrons. The third-order valence-electron chi connectivity index (χ3n) is 4.38. The molecule has 4 aromatic rings. The summed E-state index contributed by atoms with van der Waals surface area (Å²) in [5.74, 6) is 0.445. The quantitative estimate of drug-likeness (QED) is 0.377. The second-order valence-corrected chi connectivity index (χ2v) is 7.62. The molecule has 0 saturated carbocycles. The molecule has 4 rings (SSSR count). The SMILES string of the molecule is Cc1ccc(-c2nc3cc(NC(=O)c4ccccc4I)ccc3o2)c(C)c1. The molecule has 0 bridgehead atoms. The van der Waals surface area contributed by atoms with Crippen molar-refractivity contribution < 1.29 is 9.21 Å². The lowest BCUT2D eigenvalue weighted by Gasteiger charge is -2.06. The van der Waals surface area contributed by atoms with Crippen LogP contribution in [0.5, 0.6) is 0 Å². The normalized spacial score (nSPS) is 10.9. The number of benzene rings is 3. The summed E-state index contributed by atoms with van der Waals surface area (Å²) in [6.45, 7) is 4.11. The summed E-state index contributed by atoms with van der Waals surface area (Å²) >= 11 is 2.16.